The van der Waals surface area contributed by atoms with Gasteiger partial charge < -0.3 is 34.7 Å². The first-order valence-electron chi connectivity index (χ1n) is 29.3. The van der Waals surface area contributed by atoms with Gasteiger partial charge >= 0.3 is 22.1 Å². The van der Waals surface area contributed by atoms with Crippen LogP contribution in [0.15, 0.2) is 84.6 Å². The van der Waals surface area contributed by atoms with Crippen molar-refractivity contribution in [1.82, 2.24) is 39.3 Å². The van der Waals surface area contributed by atoms with Crippen LogP contribution in [0, 0.1) is 24.0 Å². The van der Waals surface area contributed by atoms with Crippen molar-refractivity contribution < 1.29 is 64.9 Å². The average molecular weight is 1250 g/mol. The van der Waals surface area contributed by atoms with Crippen molar-refractivity contribution in [1.29, 1.82) is 0 Å². The fourth-order valence-corrected chi connectivity index (χ4v) is 13.8. The Hall–Kier alpha value is -7.62. The largest absolute Gasteiger partial charge is 0.463 e. The van der Waals surface area contributed by atoms with E-state index in [1.165, 1.54) is 11.1 Å². The van der Waals surface area contributed by atoms with Gasteiger partial charge in [0.05, 0.1) is 65.9 Å². The number of aromatic nitrogens is 3. The van der Waals surface area contributed by atoms with Gasteiger partial charge in [-0.2, -0.15) is 12.7 Å². The van der Waals surface area contributed by atoms with Crippen LogP contribution in [0.2, 0.25) is 0 Å². The number of hydrogen-bond acceptors (Lipinski definition) is 17. The summed E-state index contributed by atoms with van der Waals surface area (Å²) in [6.07, 6.45) is 0.679. The number of H-pyrrole nitrogens is 1. The second-order valence-electron chi connectivity index (χ2n) is 23.8. The van der Waals surface area contributed by atoms with Gasteiger partial charge in [0, 0.05) is 106 Å². The molecule has 0 spiro atoms. The van der Waals surface area contributed by atoms with Crippen LogP contribution in [0.1, 0.15) is 80.1 Å². The zero-order chi connectivity index (χ0) is 62.6. The van der Waals surface area contributed by atoms with E-state index in [-0.39, 0.29) is 93.9 Å². The summed E-state index contributed by atoms with van der Waals surface area (Å²) in [5.41, 5.74) is 4.87. The molecule has 4 aliphatic rings. The van der Waals surface area contributed by atoms with Gasteiger partial charge in [-0.05, 0) is 72.2 Å². The quantitative estimate of drug-likeness (QED) is 0.0409. The van der Waals surface area contributed by atoms with E-state index in [0.29, 0.717) is 30.5 Å². The number of ketones is 2. The lowest BCUT2D eigenvalue weighted by atomic mass is 9.85. The molecular weight excluding hydrogens is 1180 g/mol. The summed E-state index contributed by atoms with van der Waals surface area (Å²) in [4.78, 5) is 102. The van der Waals surface area contributed by atoms with E-state index < -0.39 is 93.0 Å². The smallest absolute Gasteiger partial charge is 0.306 e. The molecule has 0 aliphatic carbocycles. The van der Waals surface area contributed by atoms with E-state index in [4.69, 9.17) is 14.6 Å². The number of likely N-dealkylation sites (tertiary alicyclic amines) is 2. The number of esters is 2. The lowest BCUT2D eigenvalue weighted by molar-refractivity contribution is -0.154. The number of rotatable bonds is 23. The maximum Gasteiger partial charge on any atom is 0.306 e. The van der Waals surface area contributed by atoms with Crippen LogP contribution in [0.3, 0.4) is 0 Å². The molecule has 3 aromatic carbocycles. The van der Waals surface area contributed by atoms with E-state index >= 15 is 8.78 Å². The number of amides is 2. The first kappa shape index (κ1) is 63.4. The molecule has 7 heterocycles. The molecule has 88 heavy (non-hydrogen) atoms. The standard InChI is InChI=1S/C62H71F3N10O11S2/c1-37-58(87-36-68-37)40-8-5-38(6-9-40)7-16-51(77)50-28-45(86-54(80)18-17-53(79)85-26-25-76)34-75(50)61(82)59(62(2,3)4)69-52(78)35-71-32-44(33-71)73-23-21-72(22-24-73)43-12-10-39(11-13-43)41-27-46-47(30-67-60(46)66-29-41)57(81)55-48(64)14-15-49(56(55)65)70-88(83,84)74-20-19-42(63)31-74/h5-6,8-15,27,29-30,36,42,44-45,50,59,70,76H,7,16-26,28,31-35H2,1-4H3,(H,66,67)(H,69,78)/t42-,45-,50+,59-/m1/s1. The van der Waals surface area contributed by atoms with Crippen molar-refractivity contribution in [3.8, 4) is 21.6 Å². The number of aromatic amines is 1. The van der Waals surface area contributed by atoms with Crippen LogP contribution in [-0.4, -0.2) is 192 Å². The molecule has 0 bridgehead atoms. The highest BCUT2D eigenvalue weighted by atomic mass is 32.2. The van der Waals surface area contributed by atoms with Crippen LogP contribution in [0.4, 0.5) is 24.5 Å². The summed E-state index contributed by atoms with van der Waals surface area (Å²) >= 11 is 1.55. The number of aliphatic hydroxyl groups excluding tert-OH is 1. The molecule has 21 nitrogen and oxygen atoms in total. The number of Topliss-reactive ketones (excluding diaryl/α,β-unsaturated/α-hetero) is 1. The van der Waals surface area contributed by atoms with E-state index in [2.05, 4.69) is 30.1 Å². The molecule has 26 heteroatoms. The summed E-state index contributed by atoms with van der Waals surface area (Å²) < 4.78 is 84.1. The molecule has 3 aromatic heterocycles. The van der Waals surface area contributed by atoms with E-state index in [0.717, 1.165) is 75.6 Å². The molecule has 6 aromatic rings. The van der Waals surface area contributed by atoms with Gasteiger partial charge in [-0.3, -0.25) is 43.3 Å². The number of benzene rings is 3. The van der Waals surface area contributed by atoms with Crippen LogP contribution < -0.4 is 14.9 Å². The lowest BCUT2D eigenvalue weighted by Gasteiger charge is -2.48. The lowest BCUT2D eigenvalue weighted by Crippen LogP contribution is -2.65. The van der Waals surface area contributed by atoms with Crippen LogP contribution in [-0.2, 0) is 50.1 Å². The highest BCUT2D eigenvalue weighted by Crippen LogP contribution is 2.34. The van der Waals surface area contributed by atoms with E-state index in [1.807, 2.05) is 85.8 Å². The third-order valence-electron chi connectivity index (χ3n) is 16.6. The molecule has 4 aliphatic heterocycles. The average Bonchev–Trinajstić information content (AvgIpc) is 2.46. The fourth-order valence-electron chi connectivity index (χ4n) is 11.7. The predicted octanol–water partition coefficient (Wildman–Crippen LogP) is 6.24. The number of alkyl halides is 1. The summed E-state index contributed by atoms with van der Waals surface area (Å²) in [5.74, 6) is -6.04. The van der Waals surface area contributed by atoms with Gasteiger partial charge in [0.1, 0.15) is 36.4 Å². The SMILES string of the molecule is Cc1ncsc1-c1ccc(CCC(=O)[C@@H]2C[C@@H](OC(=O)CCC(=O)OCCO)CN2C(=O)[C@@H](NC(=O)CN2CC(N3CCN(c4ccc(-c5cnc6[nH]cc(C(=O)c7c(F)ccc(NS(=O)(=O)N8CC[C@@H](F)C8)c7F)c6c5)cc4)CC3)C2)C(C)(C)C)cc1. The normalized spacial score (nSPS) is 19.2. The number of halogens is 3. The van der Waals surface area contributed by atoms with Crippen LogP contribution in [0.25, 0.3) is 32.6 Å². The van der Waals surface area contributed by atoms with Gasteiger partial charge in [0.15, 0.2) is 11.6 Å². The summed E-state index contributed by atoms with van der Waals surface area (Å²) in [5, 5.41) is 12.3. The summed E-state index contributed by atoms with van der Waals surface area (Å²) in [6, 6.07) is 17.3. The van der Waals surface area contributed by atoms with Crippen molar-refractivity contribution in [2.75, 3.05) is 88.3 Å². The van der Waals surface area contributed by atoms with Gasteiger partial charge in [-0.25, -0.2) is 23.1 Å². The number of thiazole rings is 1. The number of carbonyl (C=O) groups is 6. The minimum absolute atomic E-state index is 0.0183. The Balaban J connectivity index is 0.717. The topological polar surface area (TPSA) is 257 Å². The number of fused-ring (bicyclic) bond motifs is 1. The molecule has 4 N–H and O–H groups in total. The fraction of sp³-hybridized carbons (Fsp3) is 0.452. The van der Waals surface area contributed by atoms with E-state index in [9.17, 15) is 41.6 Å². The van der Waals surface area contributed by atoms with Crippen molar-refractivity contribution in [3.63, 3.8) is 0 Å². The molecule has 0 radical (unpaired) electrons. The van der Waals surface area contributed by atoms with Crippen LogP contribution >= 0.6 is 11.3 Å². The van der Waals surface area contributed by atoms with Crippen molar-refractivity contribution in [3.05, 3.63) is 119 Å². The number of aliphatic hydroxyl groups is 1. The number of anilines is 2. The summed E-state index contributed by atoms with van der Waals surface area (Å²) in [6.45, 7) is 10.7. The second kappa shape index (κ2) is 27.0. The Morgan fingerprint density at radius 1 is 0.864 bits per heavy atom. The molecule has 0 unspecified atom stereocenters. The number of nitrogens with zero attached hydrogens (tertiary/aromatic N) is 7. The third kappa shape index (κ3) is 14.6. The van der Waals surface area contributed by atoms with Crippen molar-refractivity contribution in [2.45, 2.75) is 96.6 Å². The van der Waals surface area contributed by atoms with Gasteiger partial charge in [-0.15, -0.1) is 11.3 Å². The van der Waals surface area contributed by atoms with Gasteiger partial charge in [0.2, 0.25) is 17.6 Å². The van der Waals surface area contributed by atoms with Crippen LogP contribution in [0.5, 0.6) is 0 Å². The maximum atomic E-state index is 15.9. The van der Waals surface area contributed by atoms with Gasteiger partial charge in [-0.1, -0.05) is 57.2 Å². The number of hydrogen-bond donors (Lipinski definition) is 4. The monoisotopic (exact) mass is 1250 g/mol. The number of ether oxygens (including phenoxy) is 2. The Labute approximate surface area is 511 Å². The molecule has 0 saturated carbocycles. The first-order chi connectivity index (χ1) is 42.0. The number of piperazine rings is 1. The molecule has 2 amide bonds. The minimum Gasteiger partial charge on any atom is -0.463 e. The Morgan fingerprint density at radius 2 is 1.58 bits per heavy atom. The maximum absolute atomic E-state index is 15.9. The van der Waals surface area contributed by atoms with Crippen molar-refractivity contribution in [2.24, 2.45) is 5.41 Å². The number of aryl methyl sites for hydroxylation is 2. The first-order valence-corrected chi connectivity index (χ1v) is 31.7. The molecule has 4 saturated heterocycles. The number of nitrogens with one attached hydrogen (secondary N) is 3. The number of pyridine rings is 1. The zero-order valence-electron chi connectivity index (χ0n) is 49.3. The Bertz CT molecular complexity index is 3680. The molecule has 10 rings (SSSR count). The molecule has 4 fully saturated rings. The van der Waals surface area contributed by atoms with Gasteiger partial charge in [0.25, 0.3) is 0 Å². The molecule has 468 valence electrons. The third-order valence-corrected chi connectivity index (χ3v) is 19.1. The number of carbonyl (C=O) groups excluding carboxylic acids is 6. The van der Waals surface area contributed by atoms with E-state index in [1.54, 1.807) is 29.1 Å². The van der Waals surface area contributed by atoms with Crippen molar-refractivity contribution >= 4 is 79.3 Å². The Kier molecular flexibility index (Phi) is 19.5. The summed E-state index contributed by atoms with van der Waals surface area (Å²) in [7, 11) is -4.39. The Morgan fingerprint density at radius 3 is 2.25 bits per heavy atom. The molecule has 4 atom stereocenters. The molecular formula is C62H71F3N10O11S2. The predicted molar refractivity (Wildman–Crippen MR) is 323 cm³/mol. The second-order valence-corrected chi connectivity index (χ2v) is 26.3. The minimum atomic E-state index is -4.39. The highest BCUT2D eigenvalue weighted by Gasteiger charge is 2.46. The zero-order valence-corrected chi connectivity index (χ0v) is 50.9. The highest BCUT2D eigenvalue weighted by molar-refractivity contribution is 7.90.